The van der Waals surface area contributed by atoms with Crippen LogP contribution in [0.3, 0.4) is 0 Å². The number of thiocarbonyl (C=S) groups is 1. The molecule has 1 fully saturated rings. The van der Waals surface area contributed by atoms with E-state index in [4.69, 9.17) is 21.7 Å². The summed E-state index contributed by atoms with van der Waals surface area (Å²) in [5.41, 5.74) is 0.332. The fourth-order valence-corrected chi connectivity index (χ4v) is 3.86. The number of amides is 1. The second-order valence-electron chi connectivity index (χ2n) is 5.87. The van der Waals surface area contributed by atoms with E-state index >= 15 is 0 Å². The Hall–Kier alpha value is -2.43. The molecule has 10 heteroatoms. The molecule has 0 spiro atoms. The number of rotatable bonds is 7. The van der Waals surface area contributed by atoms with Crippen molar-refractivity contribution in [1.29, 1.82) is 0 Å². The standard InChI is InChI=1S/C19H15BrN2O5S2/c1-21-18(23)17(29-19(21)28)11-12-10-14(22(24)25)4-7-16(12)27-9-8-26-15-5-2-13(20)3-6-15/h2-7,10-11H,8-9H2,1H3/b17-11+. The van der Waals surface area contributed by atoms with Crippen molar-refractivity contribution in [3.05, 3.63) is 67.5 Å². The van der Waals surface area contributed by atoms with Crippen LogP contribution in [-0.4, -0.2) is 40.3 Å². The molecule has 1 heterocycles. The van der Waals surface area contributed by atoms with Crippen LogP contribution in [-0.2, 0) is 4.79 Å². The number of ether oxygens (including phenoxy) is 2. The highest BCUT2D eigenvalue weighted by Crippen LogP contribution is 2.34. The minimum atomic E-state index is -0.497. The van der Waals surface area contributed by atoms with Crippen LogP contribution >= 0.6 is 39.9 Å². The van der Waals surface area contributed by atoms with Crippen molar-refractivity contribution in [2.45, 2.75) is 0 Å². The third kappa shape index (κ3) is 5.34. The Morgan fingerprint density at radius 2 is 1.90 bits per heavy atom. The van der Waals surface area contributed by atoms with Gasteiger partial charge in [-0.05, 0) is 36.4 Å². The lowest BCUT2D eigenvalue weighted by atomic mass is 10.1. The van der Waals surface area contributed by atoms with Gasteiger partial charge in [-0.3, -0.25) is 19.8 Å². The Morgan fingerprint density at radius 3 is 2.52 bits per heavy atom. The zero-order valence-corrected chi connectivity index (χ0v) is 18.4. The number of halogens is 1. The van der Waals surface area contributed by atoms with E-state index in [0.717, 1.165) is 16.2 Å². The molecule has 0 aliphatic carbocycles. The van der Waals surface area contributed by atoms with Gasteiger partial charge in [0.1, 0.15) is 29.0 Å². The van der Waals surface area contributed by atoms with Gasteiger partial charge in [0.25, 0.3) is 11.6 Å². The first-order valence-electron chi connectivity index (χ1n) is 8.36. The molecule has 1 aliphatic rings. The molecule has 0 bridgehead atoms. The van der Waals surface area contributed by atoms with Crippen molar-refractivity contribution in [2.24, 2.45) is 0 Å². The Labute approximate surface area is 184 Å². The quantitative estimate of drug-likeness (QED) is 0.182. The van der Waals surface area contributed by atoms with Crippen molar-refractivity contribution >= 4 is 61.9 Å². The lowest BCUT2D eigenvalue weighted by molar-refractivity contribution is -0.384. The number of carbonyl (C=O) groups excluding carboxylic acids is 1. The van der Waals surface area contributed by atoms with Crippen molar-refractivity contribution in [3.63, 3.8) is 0 Å². The van der Waals surface area contributed by atoms with Crippen LogP contribution in [0.15, 0.2) is 51.8 Å². The number of non-ortho nitro benzene ring substituents is 1. The number of thioether (sulfide) groups is 1. The molecule has 1 saturated heterocycles. The Balaban J connectivity index is 1.74. The second-order valence-corrected chi connectivity index (χ2v) is 8.46. The summed E-state index contributed by atoms with van der Waals surface area (Å²) in [6.45, 7) is 0.512. The zero-order chi connectivity index (χ0) is 21.0. The van der Waals surface area contributed by atoms with E-state index < -0.39 is 4.92 Å². The van der Waals surface area contributed by atoms with Crippen molar-refractivity contribution in [2.75, 3.05) is 20.3 Å². The van der Waals surface area contributed by atoms with Crippen LogP contribution in [0.1, 0.15) is 5.56 Å². The van der Waals surface area contributed by atoms with Crippen LogP contribution in [0.2, 0.25) is 0 Å². The van der Waals surface area contributed by atoms with E-state index in [0.29, 0.717) is 26.3 Å². The highest BCUT2D eigenvalue weighted by Gasteiger charge is 2.29. The fraction of sp³-hybridized carbons (Fsp3) is 0.158. The molecular weight excluding hydrogens is 480 g/mol. The molecule has 7 nitrogen and oxygen atoms in total. The Bertz CT molecular complexity index is 995. The molecule has 0 aromatic heterocycles. The lowest BCUT2D eigenvalue weighted by Gasteiger charge is -2.11. The average molecular weight is 495 g/mol. The fourth-order valence-electron chi connectivity index (χ4n) is 2.42. The minimum Gasteiger partial charge on any atom is -0.490 e. The summed E-state index contributed by atoms with van der Waals surface area (Å²) < 4.78 is 12.7. The van der Waals surface area contributed by atoms with Crippen LogP contribution in [0.4, 0.5) is 5.69 Å². The number of hydrogen-bond donors (Lipinski definition) is 0. The average Bonchev–Trinajstić information content (AvgIpc) is 2.94. The van der Waals surface area contributed by atoms with E-state index in [1.807, 2.05) is 24.3 Å². The number of nitrogens with zero attached hydrogens (tertiary/aromatic N) is 2. The van der Waals surface area contributed by atoms with Gasteiger partial charge in [-0.15, -0.1) is 0 Å². The highest BCUT2D eigenvalue weighted by molar-refractivity contribution is 9.10. The molecule has 0 saturated carbocycles. The molecule has 0 N–H and O–H groups in total. The van der Waals surface area contributed by atoms with Crippen LogP contribution < -0.4 is 9.47 Å². The van der Waals surface area contributed by atoms with Gasteiger partial charge in [0.05, 0.1) is 9.83 Å². The first kappa shape index (κ1) is 21.3. The SMILES string of the molecule is CN1C(=O)/C(=C\c2cc([N+](=O)[O-])ccc2OCCOc2ccc(Br)cc2)SC1=S. The van der Waals surface area contributed by atoms with E-state index in [1.165, 1.54) is 23.1 Å². The third-order valence-corrected chi connectivity index (χ3v) is 5.91. The van der Waals surface area contributed by atoms with Crippen LogP contribution in [0.5, 0.6) is 11.5 Å². The topological polar surface area (TPSA) is 81.9 Å². The summed E-state index contributed by atoms with van der Waals surface area (Å²) in [4.78, 5) is 24.6. The molecule has 1 aliphatic heterocycles. The maximum atomic E-state index is 12.2. The summed E-state index contributed by atoms with van der Waals surface area (Å²) in [7, 11) is 1.59. The summed E-state index contributed by atoms with van der Waals surface area (Å²) in [6, 6.07) is 11.6. The van der Waals surface area contributed by atoms with Gasteiger partial charge in [-0.1, -0.05) is 39.9 Å². The zero-order valence-electron chi connectivity index (χ0n) is 15.2. The maximum Gasteiger partial charge on any atom is 0.270 e. The lowest BCUT2D eigenvalue weighted by Crippen LogP contribution is -2.22. The van der Waals surface area contributed by atoms with Crippen molar-refractivity contribution in [3.8, 4) is 11.5 Å². The Morgan fingerprint density at radius 1 is 1.21 bits per heavy atom. The highest BCUT2D eigenvalue weighted by atomic mass is 79.9. The van der Waals surface area contributed by atoms with Gasteiger partial charge < -0.3 is 9.47 Å². The minimum absolute atomic E-state index is 0.0957. The van der Waals surface area contributed by atoms with Crippen molar-refractivity contribution in [1.82, 2.24) is 4.90 Å². The number of likely N-dealkylation sites (N-methyl/N-ethyl adjacent to an activating group) is 1. The van der Waals surface area contributed by atoms with Gasteiger partial charge in [0.15, 0.2) is 0 Å². The number of carbonyl (C=O) groups is 1. The van der Waals surface area contributed by atoms with Gasteiger partial charge in [0.2, 0.25) is 0 Å². The summed E-state index contributed by atoms with van der Waals surface area (Å²) in [5.74, 6) is 0.861. The number of benzene rings is 2. The first-order valence-corrected chi connectivity index (χ1v) is 10.4. The largest absolute Gasteiger partial charge is 0.490 e. The predicted octanol–water partition coefficient (Wildman–Crippen LogP) is 4.65. The molecular formula is C19H15BrN2O5S2. The molecule has 29 heavy (non-hydrogen) atoms. The van der Waals surface area contributed by atoms with Gasteiger partial charge in [0, 0.05) is 29.2 Å². The smallest absolute Gasteiger partial charge is 0.270 e. The second kappa shape index (κ2) is 9.38. The maximum absolute atomic E-state index is 12.2. The molecule has 0 atom stereocenters. The van der Waals surface area contributed by atoms with E-state index in [-0.39, 0.29) is 24.8 Å². The molecule has 0 unspecified atom stereocenters. The normalized spacial score (nSPS) is 15.1. The molecule has 2 aromatic carbocycles. The summed E-state index contributed by atoms with van der Waals surface area (Å²) >= 11 is 9.62. The van der Waals surface area contributed by atoms with E-state index in [9.17, 15) is 14.9 Å². The van der Waals surface area contributed by atoms with Crippen LogP contribution in [0.25, 0.3) is 6.08 Å². The van der Waals surface area contributed by atoms with E-state index in [1.54, 1.807) is 13.1 Å². The number of hydrogen-bond acceptors (Lipinski definition) is 7. The first-order chi connectivity index (χ1) is 13.8. The number of nitro benzene ring substituents is 1. The molecule has 0 radical (unpaired) electrons. The molecule has 1 amide bonds. The van der Waals surface area contributed by atoms with Gasteiger partial charge >= 0.3 is 0 Å². The van der Waals surface area contributed by atoms with Crippen molar-refractivity contribution < 1.29 is 19.2 Å². The van der Waals surface area contributed by atoms with Gasteiger partial charge in [-0.25, -0.2) is 0 Å². The summed E-state index contributed by atoms with van der Waals surface area (Å²) in [6.07, 6.45) is 1.56. The molecule has 2 aromatic rings. The van der Waals surface area contributed by atoms with Crippen LogP contribution in [0, 0.1) is 10.1 Å². The summed E-state index contributed by atoms with van der Waals surface area (Å²) in [5, 5.41) is 11.1. The molecule has 3 rings (SSSR count). The van der Waals surface area contributed by atoms with Gasteiger partial charge in [-0.2, -0.15) is 0 Å². The third-order valence-electron chi connectivity index (χ3n) is 3.90. The molecule has 150 valence electrons. The predicted molar refractivity (Wildman–Crippen MR) is 119 cm³/mol. The Kier molecular flexibility index (Phi) is 6.88. The number of nitro groups is 1. The van der Waals surface area contributed by atoms with E-state index in [2.05, 4.69) is 15.9 Å². The monoisotopic (exact) mass is 494 g/mol.